The van der Waals surface area contributed by atoms with E-state index >= 15 is 0 Å². The number of likely N-dealkylation sites (N-methyl/N-ethyl adjacent to an activating group) is 1. The molecule has 0 rings (SSSR count). The van der Waals surface area contributed by atoms with E-state index in [1.165, 1.54) is 32.1 Å². The zero-order chi connectivity index (χ0) is 34.4. The highest BCUT2D eigenvalue weighted by molar-refractivity contribution is 7.45. The fourth-order valence-electron chi connectivity index (χ4n) is 4.37. The first-order valence-electron chi connectivity index (χ1n) is 17.7. The highest BCUT2D eigenvalue weighted by Gasteiger charge is 2.23. The summed E-state index contributed by atoms with van der Waals surface area (Å²) in [6, 6.07) is -0.906. The van der Waals surface area contributed by atoms with Crippen molar-refractivity contribution in [2.45, 2.75) is 129 Å². The molecule has 0 saturated heterocycles. The van der Waals surface area contributed by atoms with Crippen molar-refractivity contribution in [1.82, 2.24) is 5.32 Å². The van der Waals surface area contributed by atoms with Crippen molar-refractivity contribution in [3.63, 3.8) is 0 Å². The van der Waals surface area contributed by atoms with Crippen molar-refractivity contribution >= 4 is 13.7 Å². The first-order valence-corrected chi connectivity index (χ1v) is 19.1. The van der Waals surface area contributed by atoms with E-state index in [2.05, 4.69) is 67.8 Å². The van der Waals surface area contributed by atoms with Gasteiger partial charge >= 0.3 is 0 Å². The first-order chi connectivity index (χ1) is 22.0. The molecular weight excluding hydrogens is 599 g/mol. The standard InChI is InChI=1S/C37H67N2O6P/c1-6-8-10-12-14-16-17-18-19-20-21-23-25-27-29-31-37(41)38-35(34-45-46(42,43)44-33-32-39(3,4)5)36(40)30-28-26-24-22-15-13-11-9-7-2/h8,10,14,16,18-19,21,23,28,30,35-36,40H,6-7,9,11-13,15,17,20,22,24-27,29,31-34H2,1-5H3,(H-,38,41,42,43)/b10-8-,16-14-,19-18-,23-21-,30-28+. The van der Waals surface area contributed by atoms with Crippen molar-refractivity contribution in [2.75, 3.05) is 40.9 Å². The van der Waals surface area contributed by atoms with Gasteiger partial charge in [0.1, 0.15) is 13.2 Å². The Bertz CT molecular complexity index is 939. The zero-order valence-corrected chi connectivity index (χ0v) is 30.6. The summed E-state index contributed by atoms with van der Waals surface area (Å²) in [4.78, 5) is 25.0. The van der Waals surface area contributed by atoms with Gasteiger partial charge in [0.2, 0.25) is 5.91 Å². The average Bonchev–Trinajstić information content (AvgIpc) is 2.99. The normalized spacial score (nSPS) is 15.5. The smallest absolute Gasteiger partial charge is 0.268 e. The van der Waals surface area contributed by atoms with Crippen LogP contribution in [0.1, 0.15) is 117 Å². The van der Waals surface area contributed by atoms with Crippen LogP contribution in [0.25, 0.3) is 0 Å². The van der Waals surface area contributed by atoms with Gasteiger partial charge in [-0.2, -0.15) is 0 Å². The van der Waals surface area contributed by atoms with Gasteiger partial charge in [-0.3, -0.25) is 9.36 Å². The monoisotopic (exact) mass is 666 g/mol. The number of quaternary nitrogens is 1. The van der Waals surface area contributed by atoms with Crippen molar-refractivity contribution in [3.05, 3.63) is 60.8 Å². The molecule has 3 unspecified atom stereocenters. The summed E-state index contributed by atoms with van der Waals surface area (Å²) in [6.07, 6.45) is 35.6. The Balaban J connectivity index is 4.65. The van der Waals surface area contributed by atoms with Gasteiger partial charge in [0.05, 0.1) is 39.9 Å². The summed E-state index contributed by atoms with van der Waals surface area (Å²) in [7, 11) is 1.22. The zero-order valence-electron chi connectivity index (χ0n) is 29.7. The number of phosphoric ester groups is 1. The van der Waals surface area contributed by atoms with Crippen LogP contribution in [0, 0.1) is 0 Å². The van der Waals surface area contributed by atoms with Crippen molar-refractivity contribution in [3.8, 4) is 0 Å². The highest BCUT2D eigenvalue weighted by Crippen LogP contribution is 2.38. The molecule has 0 heterocycles. The molecule has 3 atom stereocenters. The summed E-state index contributed by atoms with van der Waals surface area (Å²) >= 11 is 0. The summed E-state index contributed by atoms with van der Waals surface area (Å²) in [6.45, 7) is 4.42. The fourth-order valence-corrected chi connectivity index (χ4v) is 5.10. The van der Waals surface area contributed by atoms with Crippen LogP contribution in [0.3, 0.4) is 0 Å². The van der Waals surface area contributed by atoms with Crippen molar-refractivity contribution < 1.29 is 32.9 Å². The topological polar surface area (TPSA) is 108 Å². The molecule has 0 aliphatic rings. The third kappa shape index (κ3) is 30.8. The Morgan fingerprint density at radius 1 is 0.783 bits per heavy atom. The molecule has 8 nitrogen and oxygen atoms in total. The van der Waals surface area contributed by atoms with E-state index < -0.39 is 26.6 Å². The molecule has 0 spiro atoms. The number of carbonyl (C=O) groups excluding carboxylic acids is 1. The maximum absolute atomic E-state index is 12.7. The molecule has 1 amide bonds. The molecule has 0 aromatic heterocycles. The van der Waals surface area contributed by atoms with E-state index in [0.717, 1.165) is 57.8 Å². The average molecular weight is 667 g/mol. The summed E-state index contributed by atoms with van der Waals surface area (Å²) in [5.41, 5.74) is 0. The molecule has 0 saturated carbocycles. The molecule has 0 aromatic rings. The third-order valence-electron chi connectivity index (χ3n) is 7.23. The van der Waals surface area contributed by atoms with Crippen LogP contribution >= 0.6 is 7.82 Å². The van der Waals surface area contributed by atoms with Crippen LogP contribution in [0.5, 0.6) is 0 Å². The number of nitrogens with one attached hydrogen (secondary N) is 1. The first kappa shape index (κ1) is 44.2. The Morgan fingerprint density at radius 3 is 1.93 bits per heavy atom. The van der Waals surface area contributed by atoms with E-state index in [-0.39, 0.29) is 18.9 Å². The van der Waals surface area contributed by atoms with E-state index in [4.69, 9.17) is 9.05 Å². The Hall–Kier alpha value is -1.80. The van der Waals surface area contributed by atoms with Crippen LogP contribution < -0.4 is 10.2 Å². The maximum Gasteiger partial charge on any atom is 0.268 e. The number of hydrogen-bond donors (Lipinski definition) is 2. The molecule has 0 aromatic carbocycles. The lowest BCUT2D eigenvalue weighted by molar-refractivity contribution is -0.870. The Labute approximate surface area is 281 Å². The number of aliphatic hydroxyl groups excluding tert-OH is 1. The molecule has 0 aliphatic carbocycles. The largest absolute Gasteiger partial charge is 0.756 e. The molecule has 9 heteroatoms. The number of nitrogens with zero attached hydrogens (tertiary/aromatic N) is 1. The van der Waals surface area contributed by atoms with Gasteiger partial charge in [-0.1, -0.05) is 113 Å². The van der Waals surface area contributed by atoms with Crippen LogP contribution in [-0.4, -0.2) is 68.5 Å². The summed E-state index contributed by atoms with van der Waals surface area (Å²) in [5, 5.41) is 13.6. The highest BCUT2D eigenvalue weighted by atomic mass is 31.2. The van der Waals surface area contributed by atoms with E-state index in [1.54, 1.807) is 6.08 Å². The SMILES string of the molecule is CC/C=C\C/C=C\C/C=C\C/C=C\CCCCC(=O)NC(COP(=O)([O-])OCC[N+](C)(C)C)C(O)/C=C/CCCCCCCCC. The van der Waals surface area contributed by atoms with E-state index in [0.29, 0.717) is 17.4 Å². The van der Waals surface area contributed by atoms with Gasteiger partial charge in [-0.05, 0) is 57.8 Å². The van der Waals surface area contributed by atoms with Gasteiger partial charge in [0.15, 0.2) is 0 Å². The predicted molar refractivity (Wildman–Crippen MR) is 191 cm³/mol. The molecule has 46 heavy (non-hydrogen) atoms. The lowest BCUT2D eigenvalue weighted by Gasteiger charge is -2.29. The van der Waals surface area contributed by atoms with Crippen LogP contribution in [0.2, 0.25) is 0 Å². The predicted octanol–water partition coefficient (Wildman–Crippen LogP) is 8.10. The van der Waals surface area contributed by atoms with Gasteiger partial charge in [0.25, 0.3) is 7.82 Å². The van der Waals surface area contributed by atoms with Crippen LogP contribution in [0.4, 0.5) is 0 Å². The van der Waals surface area contributed by atoms with Crippen LogP contribution in [0.15, 0.2) is 60.8 Å². The third-order valence-corrected chi connectivity index (χ3v) is 8.20. The second-order valence-electron chi connectivity index (χ2n) is 12.8. The minimum atomic E-state index is -4.59. The minimum Gasteiger partial charge on any atom is -0.756 e. The molecule has 0 bridgehead atoms. The van der Waals surface area contributed by atoms with Gasteiger partial charge in [0, 0.05) is 6.42 Å². The van der Waals surface area contributed by atoms with Crippen molar-refractivity contribution in [1.29, 1.82) is 0 Å². The lowest BCUT2D eigenvalue weighted by Crippen LogP contribution is -2.45. The maximum atomic E-state index is 12.7. The van der Waals surface area contributed by atoms with Crippen LogP contribution in [-0.2, 0) is 18.4 Å². The molecule has 0 fully saturated rings. The fraction of sp³-hybridized carbons (Fsp3) is 0.703. The second-order valence-corrected chi connectivity index (χ2v) is 14.3. The Kier molecular flexibility index (Phi) is 28.2. The van der Waals surface area contributed by atoms with E-state index in [1.807, 2.05) is 27.2 Å². The van der Waals surface area contributed by atoms with Crippen molar-refractivity contribution in [2.24, 2.45) is 0 Å². The molecule has 0 aliphatic heterocycles. The number of unbranched alkanes of at least 4 members (excludes halogenated alkanes) is 9. The number of hydrogen-bond acceptors (Lipinski definition) is 6. The number of carbonyl (C=O) groups is 1. The number of rotatable bonds is 30. The number of allylic oxidation sites excluding steroid dienone is 9. The van der Waals surface area contributed by atoms with E-state index in [9.17, 15) is 19.4 Å². The number of aliphatic hydroxyl groups is 1. The number of phosphoric acid groups is 1. The minimum absolute atomic E-state index is 0.0124. The molecule has 266 valence electrons. The Morgan fingerprint density at radius 2 is 1.33 bits per heavy atom. The van der Waals surface area contributed by atoms with Gasteiger partial charge in [-0.15, -0.1) is 0 Å². The summed E-state index contributed by atoms with van der Waals surface area (Å²) < 4.78 is 23.0. The molecular formula is C37H67N2O6P. The summed E-state index contributed by atoms with van der Waals surface area (Å²) in [5.74, 6) is -0.245. The molecule has 0 radical (unpaired) electrons. The number of amides is 1. The van der Waals surface area contributed by atoms with Gasteiger partial charge in [-0.25, -0.2) is 0 Å². The quantitative estimate of drug-likeness (QED) is 0.0347. The second kappa shape index (κ2) is 29.3. The van der Waals surface area contributed by atoms with Gasteiger partial charge < -0.3 is 28.8 Å². The molecule has 2 N–H and O–H groups in total. The lowest BCUT2D eigenvalue weighted by atomic mass is 10.1.